The fraction of sp³-hybridized carbons (Fsp3) is 0.692. The van der Waals surface area contributed by atoms with Crippen molar-refractivity contribution in [2.45, 2.75) is 101 Å². The van der Waals surface area contributed by atoms with E-state index in [1.807, 2.05) is 25.6 Å². The summed E-state index contributed by atoms with van der Waals surface area (Å²) in [7, 11) is 0. The number of amidine groups is 1. The molecule has 0 rings (SSSR count). The van der Waals surface area contributed by atoms with Crippen LogP contribution in [0.2, 0.25) is 0 Å². The van der Waals surface area contributed by atoms with Crippen molar-refractivity contribution < 1.29 is 0 Å². The van der Waals surface area contributed by atoms with Crippen LogP contribution in [0.15, 0.2) is 33.2 Å². The van der Waals surface area contributed by atoms with Gasteiger partial charge in [-0.05, 0) is 64.9 Å². The molecule has 0 spiro atoms. The number of thioether (sulfide) groups is 1. The van der Waals surface area contributed by atoms with Gasteiger partial charge in [0.2, 0.25) is 0 Å². The average Bonchev–Trinajstić information content (AvgIpc) is 2.74. The Hall–Kier alpha value is -1.47. The summed E-state index contributed by atoms with van der Waals surface area (Å²) in [6, 6.07) is 0.512. The van der Waals surface area contributed by atoms with Crippen molar-refractivity contribution in [3.8, 4) is 12.3 Å². The van der Waals surface area contributed by atoms with Gasteiger partial charge in [-0.3, -0.25) is 9.98 Å². The van der Waals surface area contributed by atoms with Crippen LogP contribution in [0.4, 0.5) is 0 Å². The lowest BCUT2D eigenvalue weighted by atomic mass is 10.1. The Bertz CT molecular complexity index is 539. The van der Waals surface area contributed by atoms with E-state index >= 15 is 0 Å². The van der Waals surface area contributed by atoms with E-state index in [2.05, 4.69) is 88.4 Å². The van der Waals surface area contributed by atoms with Crippen LogP contribution >= 0.6 is 11.8 Å². The molecule has 0 N–H and O–H groups in total. The molecular weight excluding hydrogens is 386 g/mol. The molecule has 0 aromatic carbocycles. The van der Waals surface area contributed by atoms with Crippen molar-refractivity contribution in [2.75, 3.05) is 18.8 Å². The molecule has 1 atom stereocenters. The van der Waals surface area contributed by atoms with Gasteiger partial charge in [0.25, 0.3) is 0 Å². The van der Waals surface area contributed by atoms with Crippen molar-refractivity contribution in [2.24, 2.45) is 9.98 Å². The molecule has 0 bridgehead atoms. The number of allylic oxidation sites excluding steroid dienone is 2. The first-order valence-corrected chi connectivity index (χ1v) is 12.6. The maximum absolute atomic E-state index is 4.74. The minimum atomic E-state index is 0.512. The molecule has 0 aliphatic rings. The number of terminal acetylenes is 1. The van der Waals surface area contributed by atoms with Crippen LogP contribution in [0.1, 0.15) is 94.9 Å². The van der Waals surface area contributed by atoms with Gasteiger partial charge < -0.3 is 4.90 Å². The lowest BCUT2D eigenvalue weighted by Crippen LogP contribution is -2.35. The molecular formula is C26H49N3S. The lowest BCUT2D eigenvalue weighted by molar-refractivity contribution is 0.359. The number of aliphatic imine (C=N–C) groups is 2. The molecule has 174 valence electrons. The number of hydrogen-bond donors (Lipinski definition) is 0. The summed E-state index contributed by atoms with van der Waals surface area (Å²) in [4.78, 5) is 11.7. The third-order valence-corrected chi connectivity index (χ3v) is 4.94. The maximum atomic E-state index is 4.74. The molecule has 3 nitrogen and oxygen atoms in total. The second-order valence-electron chi connectivity index (χ2n) is 6.50. The highest BCUT2D eigenvalue weighted by Crippen LogP contribution is 2.15. The third kappa shape index (κ3) is 18.6. The Morgan fingerprint density at radius 1 is 1.10 bits per heavy atom. The fourth-order valence-corrected chi connectivity index (χ4v) is 3.23. The van der Waals surface area contributed by atoms with Crippen molar-refractivity contribution in [3.05, 3.63) is 23.3 Å². The Morgan fingerprint density at radius 3 is 2.17 bits per heavy atom. The van der Waals surface area contributed by atoms with Gasteiger partial charge in [0.15, 0.2) is 0 Å². The first-order chi connectivity index (χ1) is 14.4. The molecule has 0 saturated carbocycles. The molecule has 0 heterocycles. The Labute approximate surface area is 193 Å². The van der Waals surface area contributed by atoms with E-state index in [-0.39, 0.29) is 0 Å². The first-order valence-electron chi connectivity index (χ1n) is 11.6. The fourth-order valence-electron chi connectivity index (χ4n) is 2.57. The van der Waals surface area contributed by atoms with Gasteiger partial charge in [-0.2, -0.15) is 0 Å². The summed E-state index contributed by atoms with van der Waals surface area (Å²) in [6.07, 6.45) is 13.6. The predicted molar refractivity (Wildman–Crippen MR) is 144 cm³/mol. The van der Waals surface area contributed by atoms with Gasteiger partial charge in [0.05, 0.1) is 5.84 Å². The quantitative estimate of drug-likeness (QED) is 0.134. The molecule has 1 unspecified atom stereocenters. The Kier molecular flexibility index (Phi) is 28.3. The molecule has 0 fully saturated rings. The highest BCUT2D eigenvalue weighted by Gasteiger charge is 2.16. The zero-order valence-corrected chi connectivity index (χ0v) is 22.4. The second kappa shape index (κ2) is 25.6. The van der Waals surface area contributed by atoms with Gasteiger partial charge in [-0.1, -0.05) is 47.1 Å². The van der Waals surface area contributed by atoms with Gasteiger partial charge in [0, 0.05) is 36.8 Å². The SMILES string of the molecule is C#CC.CC.CC/C=C\SCCN=C(C)/C(C)=C\N(C(C)=NCC)C(CC)CCC. The molecule has 0 aromatic rings. The smallest absolute Gasteiger partial charge is 0.0999 e. The summed E-state index contributed by atoms with van der Waals surface area (Å²) >= 11 is 1.84. The summed E-state index contributed by atoms with van der Waals surface area (Å²) in [5, 5.41) is 2.18. The molecule has 0 aliphatic heterocycles. The Balaban J connectivity index is -0.00000133. The van der Waals surface area contributed by atoms with E-state index in [0.717, 1.165) is 43.2 Å². The summed E-state index contributed by atoms with van der Waals surface area (Å²) in [5.41, 5.74) is 2.36. The zero-order valence-electron chi connectivity index (χ0n) is 21.6. The second-order valence-corrected chi connectivity index (χ2v) is 7.51. The van der Waals surface area contributed by atoms with Crippen LogP contribution < -0.4 is 0 Å². The van der Waals surface area contributed by atoms with Crippen LogP contribution in [0.3, 0.4) is 0 Å². The monoisotopic (exact) mass is 435 g/mol. The summed E-state index contributed by atoms with van der Waals surface area (Å²) < 4.78 is 0. The van der Waals surface area contributed by atoms with E-state index in [1.54, 1.807) is 6.92 Å². The van der Waals surface area contributed by atoms with Gasteiger partial charge in [-0.25, -0.2) is 0 Å². The first kappa shape index (κ1) is 33.2. The van der Waals surface area contributed by atoms with Crippen LogP contribution in [0, 0.1) is 12.3 Å². The van der Waals surface area contributed by atoms with Gasteiger partial charge in [-0.15, -0.1) is 24.1 Å². The zero-order chi connectivity index (χ0) is 23.8. The highest BCUT2D eigenvalue weighted by atomic mass is 32.2. The number of nitrogens with zero attached hydrogens (tertiary/aromatic N) is 3. The van der Waals surface area contributed by atoms with Gasteiger partial charge >= 0.3 is 0 Å². The standard InChI is InChI=1S/C21H39N3S.C3H4.C2H6/c1-8-12-15-25-16-14-23-19(6)18(5)17-24(20(7)22-11-4)21(10-3)13-9-2;1-3-2;1-2/h12,15,17,21H,8-11,13-14,16H2,1-7H3;1H,2H3;1-2H3/b15-12-,18-17-,22-20?,23-19?;;. The topological polar surface area (TPSA) is 28.0 Å². The molecule has 0 aliphatic carbocycles. The summed E-state index contributed by atoms with van der Waals surface area (Å²) in [5.74, 6) is 4.39. The van der Waals surface area contributed by atoms with Crippen molar-refractivity contribution in [1.29, 1.82) is 0 Å². The summed E-state index contributed by atoms with van der Waals surface area (Å²) in [6.45, 7) is 22.5. The van der Waals surface area contributed by atoms with Crippen LogP contribution in [-0.4, -0.2) is 41.3 Å². The van der Waals surface area contributed by atoms with E-state index < -0.39 is 0 Å². The van der Waals surface area contributed by atoms with Crippen molar-refractivity contribution in [3.63, 3.8) is 0 Å². The van der Waals surface area contributed by atoms with Crippen LogP contribution in [-0.2, 0) is 0 Å². The molecule has 30 heavy (non-hydrogen) atoms. The van der Waals surface area contributed by atoms with Crippen molar-refractivity contribution in [1.82, 2.24) is 4.90 Å². The molecule has 0 amide bonds. The number of hydrogen-bond acceptors (Lipinski definition) is 3. The molecule has 0 aromatic heterocycles. The van der Waals surface area contributed by atoms with E-state index in [0.29, 0.717) is 6.04 Å². The van der Waals surface area contributed by atoms with Crippen molar-refractivity contribution >= 4 is 23.3 Å². The van der Waals surface area contributed by atoms with Crippen LogP contribution in [0.25, 0.3) is 0 Å². The van der Waals surface area contributed by atoms with Gasteiger partial charge in [0.1, 0.15) is 0 Å². The minimum absolute atomic E-state index is 0.512. The normalized spacial score (nSPS) is 13.0. The molecule has 0 radical (unpaired) electrons. The number of rotatable bonds is 12. The molecule has 0 saturated heterocycles. The average molecular weight is 436 g/mol. The van der Waals surface area contributed by atoms with Crippen LogP contribution in [0.5, 0.6) is 0 Å². The minimum Gasteiger partial charge on any atom is -0.334 e. The Morgan fingerprint density at radius 2 is 1.70 bits per heavy atom. The maximum Gasteiger partial charge on any atom is 0.0999 e. The third-order valence-electron chi connectivity index (χ3n) is 4.14. The highest BCUT2D eigenvalue weighted by molar-refractivity contribution is 8.02. The molecule has 4 heteroatoms. The predicted octanol–water partition coefficient (Wildman–Crippen LogP) is 7.99. The van der Waals surface area contributed by atoms with E-state index in [4.69, 9.17) is 4.99 Å². The van der Waals surface area contributed by atoms with E-state index in [1.165, 1.54) is 18.4 Å². The van der Waals surface area contributed by atoms with E-state index in [9.17, 15) is 0 Å². The largest absolute Gasteiger partial charge is 0.334 e. The lowest BCUT2D eigenvalue weighted by Gasteiger charge is -2.30.